The molecule has 0 spiro atoms. The van der Waals surface area contributed by atoms with Gasteiger partial charge >= 0.3 is 0 Å². The van der Waals surface area contributed by atoms with Crippen LogP contribution in [-0.2, 0) is 4.79 Å². The maximum absolute atomic E-state index is 14.7. The molecule has 1 saturated heterocycles. The number of halogens is 1. The fraction of sp³-hybridized carbons (Fsp3) is 0.438. The number of likely N-dealkylation sites (tertiary alicyclic amines) is 1. The van der Waals surface area contributed by atoms with Crippen LogP contribution in [0.1, 0.15) is 19.8 Å². The van der Waals surface area contributed by atoms with Crippen molar-refractivity contribution in [2.24, 2.45) is 0 Å². The second-order valence-electron chi connectivity index (χ2n) is 5.80. The average Bonchev–Trinajstić information content (AvgIpc) is 3.08. The number of alkyl halides is 1. The summed E-state index contributed by atoms with van der Waals surface area (Å²) >= 11 is 0. The minimum absolute atomic E-state index is 0.00781. The van der Waals surface area contributed by atoms with Gasteiger partial charge in [0.1, 0.15) is 18.0 Å². The molecule has 0 atom stereocenters. The van der Waals surface area contributed by atoms with Gasteiger partial charge in [-0.15, -0.1) is 0 Å². The van der Waals surface area contributed by atoms with E-state index in [1.54, 1.807) is 29.4 Å². The first kappa shape index (κ1) is 15.5. The second-order valence-corrected chi connectivity index (χ2v) is 5.80. The highest BCUT2D eigenvalue weighted by Gasteiger charge is 2.36. The van der Waals surface area contributed by atoms with Gasteiger partial charge in [-0.1, -0.05) is 0 Å². The molecule has 3 heterocycles. The van der Waals surface area contributed by atoms with Crippen LogP contribution in [0.4, 0.5) is 4.39 Å². The van der Waals surface area contributed by atoms with Gasteiger partial charge in [-0.05, 0) is 18.2 Å². The van der Waals surface area contributed by atoms with Crippen molar-refractivity contribution in [3.63, 3.8) is 0 Å². The summed E-state index contributed by atoms with van der Waals surface area (Å²) < 4.78 is 20.3. The van der Waals surface area contributed by atoms with Crippen molar-refractivity contribution in [1.82, 2.24) is 20.1 Å². The lowest BCUT2D eigenvalue weighted by Crippen LogP contribution is -2.46. The number of hydrogen-bond donors (Lipinski definition) is 1. The molecule has 23 heavy (non-hydrogen) atoms. The number of amides is 1. The number of H-pyrrole nitrogens is 1. The van der Waals surface area contributed by atoms with Crippen molar-refractivity contribution < 1.29 is 13.9 Å². The van der Waals surface area contributed by atoms with E-state index in [0.717, 1.165) is 11.4 Å². The number of pyridine rings is 1. The fourth-order valence-corrected chi connectivity index (χ4v) is 2.60. The molecule has 0 unspecified atom stereocenters. The molecule has 1 fully saturated rings. The average molecular weight is 318 g/mol. The molecule has 0 radical (unpaired) electrons. The Balaban J connectivity index is 1.55. The van der Waals surface area contributed by atoms with E-state index in [1.807, 2.05) is 6.07 Å². The van der Waals surface area contributed by atoms with E-state index < -0.39 is 5.67 Å². The Bertz CT molecular complexity index is 649. The van der Waals surface area contributed by atoms with Crippen molar-refractivity contribution >= 4 is 5.91 Å². The predicted molar refractivity (Wildman–Crippen MR) is 82.6 cm³/mol. The number of carbonyl (C=O) groups excluding carboxylic acids is 1. The lowest BCUT2D eigenvalue weighted by atomic mass is 9.94. The molecule has 0 aliphatic carbocycles. The Hall–Kier alpha value is -2.44. The number of nitrogens with one attached hydrogen (secondary N) is 1. The summed E-state index contributed by atoms with van der Waals surface area (Å²) in [5, 5.41) is 6.70. The zero-order chi connectivity index (χ0) is 16.3. The summed E-state index contributed by atoms with van der Waals surface area (Å²) in [4.78, 5) is 17.2. The Morgan fingerprint density at radius 3 is 2.74 bits per heavy atom. The van der Waals surface area contributed by atoms with Crippen molar-refractivity contribution in [3.8, 4) is 17.1 Å². The number of aromatic nitrogens is 3. The SMILES string of the molecule is CC(=O)N1CCC(F)(COc2ccc(-c3ccn[nH]3)nc2)CC1. The highest BCUT2D eigenvalue weighted by molar-refractivity contribution is 5.73. The smallest absolute Gasteiger partial charge is 0.219 e. The Morgan fingerprint density at radius 1 is 1.39 bits per heavy atom. The van der Waals surface area contributed by atoms with Crippen LogP contribution >= 0.6 is 0 Å². The third kappa shape index (κ3) is 3.67. The molecule has 2 aromatic heterocycles. The maximum Gasteiger partial charge on any atom is 0.219 e. The maximum atomic E-state index is 14.7. The van der Waals surface area contributed by atoms with Crippen LogP contribution in [0.2, 0.25) is 0 Å². The van der Waals surface area contributed by atoms with Crippen LogP contribution in [0.25, 0.3) is 11.4 Å². The lowest BCUT2D eigenvalue weighted by Gasteiger charge is -2.35. The fourth-order valence-electron chi connectivity index (χ4n) is 2.60. The molecule has 1 N–H and O–H groups in total. The van der Waals surface area contributed by atoms with Gasteiger partial charge in [0.2, 0.25) is 5.91 Å². The molecule has 0 aromatic carbocycles. The standard InChI is InChI=1S/C16H19FN4O2/c1-12(22)21-8-5-16(17,6-9-21)11-23-13-2-3-14(18-10-13)15-4-7-19-20-15/h2-4,7,10H,5-6,8-9,11H2,1H3,(H,19,20). The topological polar surface area (TPSA) is 71.1 Å². The number of hydrogen-bond acceptors (Lipinski definition) is 4. The van der Waals surface area contributed by atoms with Crippen LogP contribution in [0.15, 0.2) is 30.6 Å². The van der Waals surface area contributed by atoms with Gasteiger partial charge in [0.15, 0.2) is 0 Å². The van der Waals surface area contributed by atoms with E-state index >= 15 is 0 Å². The van der Waals surface area contributed by atoms with Gasteiger partial charge in [-0.2, -0.15) is 5.10 Å². The summed E-state index contributed by atoms with van der Waals surface area (Å²) in [7, 11) is 0. The molecule has 6 nitrogen and oxygen atoms in total. The van der Waals surface area contributed by atoms with E-state index in [9.17, 15) is 9.18 Å². The minimum Gasteiger partial charge on any atom is -0.489 e. The van der Waals surface area contributed by atoms with E-state index in [2.05, 4.69) is 15.2 Å². The van der Waals surface area contributed by atoms with Gasteiger partial charge in [0.05, 0.1) is 17.6 Å². The van der Waals surface area contributed by atoms with Gasteiger partial charge in [0.25, 0.3) is 0 Å². The molecule has 7 heteroatoms. The first-order chi connectivity index (χ1) is 11.1. The highest BCUT2D eigenvalue weighted by atomic mass is 19.1. The number of ether oxygens (including phenoxy) is 1. The predicted octanol–water partition coefficient (Wildman–Crippen LogP) is 2.20. The van der Waals surface area contributed by atoms with Crippen LogP contribution in [0.3, 0.4) is 0 Å². The van der Waals surface area contributed by atoms with E-state index in [0.29, 0.717) is 31.7 Å². The normalized spacial score (nSPS) is 17.0. The van der Waals surface area contributed by atoms with Crippen LogP contribution in [0.5, 0.6) is 5.75 Å². The number of rotatable bonds is 4. The second kappa shape index (κ2) is 6.36. The number of nitrogens with zero attached hydrogens (tertiary/aromatic N) is 3. The van der Waals surface area contributed by atoms with E-state index in [4.69, 9.17) is 4.74 Å². The molecule has 1 aliphatic heterocycles. The molecule has 0 bridgehead atoms. The minimum atomic E-state index is -1.39. The van der Waals surface area contributed by atoms with Crippen molar-refractivity contribution in [1.29, 1.82) is 0 Å². The van der Waals surface area contributed by atoms with Gasteiger partial charge < -0.3 is 9.64 Å². The zero-order valence-electron chi connectivity index (χ0n) is 13.0. The summed E-state index contributed by atoms with van der Waals surface area (Å²) in [5.74, 6) is 0.519. The van der Waals surface area contributed by atoms with Gasteiger partial charge in [-0.3, -0.25) is 14.9 Å². The largest absolute Gasteiger partial charge is 0.489 e. The van der Waals surface area contributed by atoms with Crippen molar-refractivity contribution in [2.75, 3.05) is 19.7 Å². The molecule has 1 aliphatic rings. The highest BCUT2D eigenvalue weighted by Crippen LogP contribution is 2.28. The Kier molecular flexibility index (Phi) is 4.27. The molecule has 122 valence electrons. The number of piperidine rings is 1. The monoisotopic (exact) mass is 318 g/mol. The first-order valence-corrected chi connectivity index (χ1v) is 7.59. The van der Waals surface area contributed by atoms with Crippen molar-refractivity contribution in [3.05, 3.63) is 30.6 Å². The van der Waals surface area contributed by atoms with Crippen LogP contribution in [-0.4, -0.2) is 51.4 Å². The third-order valence-electron chi connectivity index (χ3n) is 4.12. The third-order valence-corrected chi connectivity index (χ3v) is 4.12. The molecule has 2 aromatic rings. The molecular formula is C16H19FN4O2. The van der Waals surface area contributed by atoms with Gasteiger partial charge in [-0.25, -0.2) is 4.39 Å². The van der Waals surface area contributed by atoms with Gasteiger partial charge in [0, 0.05) is 39.1 Å². The Morgan fingerprint density at radius 2 is 2.17 bits per heavy atom. The Labute approximate surface area is 133 Å². The first-order valence-electron chi connectivity index (χ1n) is 7.59. The summed E-state index contributed by atoms with van der Waals surface area (Å²) in [6.45, 7) is 2.36. The number of carbonyl (C=O) groups is 1. The summed E-state index contributed by atoms with van der Waals surface area (Å²) in [6, 6.07) is 5.38. The number of aromatic amines is 1. The summed E-state index contributed by atoms with van der Waals surface area (Å²) in [5.41, 5.74) is 0.170. The quantitative estimate of drug-likeness (QED) is 0.938. The van der Waals surface area contributed by atoms with Crippen LogP contribution < -0.4 is 4.74 Å². The van der Waals surface area contributed by atoms with Crippen molar-refractivity contribution in [2.45, 2.75) is 25.4 Å². The van der Waals surface area contributed by atoms with E-state index in [-0.39, 0.29) is 12.5 Å². The van der Waals surface area contributed by atoms with E-state index in [1.165, 1.54) is 6.92 Å². The van der Waals surface area contributed by atoms with Crippen LogP contribution in [0, 0.1) is 0 Å². The molecule has 1 amide bonds. The molecular weight excluding hydrogens is 299 g/mol. The molecule has 3 rings (SSSR count). The molecule has 0 saturated carbocycles. The zero-order valence-corrected chi connectivity index (χ0v) is 13.0. The lowest BCUT2D eigenvalue weighted by molar-refractivity contribution is -0.131. The summed E-state index contributed by atoms with van der Waals surface area (Å²) in [6.07, 6.45) is 3.82.